The van der Waals surface area contributed by atoms with Crippen molar-refractivity contribution in [1.29, 1.82) is 0 Å². The number of ether oxygens (including phenoxy) is 2. The SMILES string of the molecule is c1ccc2c(SCc3ccc4c(c3)OCO4)ncnc2c1. The van der Waals surface area contributed by atoms with E-state index in [1.165, 1.54) is 5.56 Å². The van der Waals surface area contributed by atoms with Gasteiger partial charge < -0.3 is 9.47 Å². The van der Waals surface area contributed by atoms with E-state index in [0.29, 0.717) is 6.79 Å². The fraction of sp³-hybridized carbons (Fsp3) is 0.125. The van der Waals surface area contributed by atoms with Crippen LogP contribution in [0.2, 0.25) is 0 Å². The van der Waals surface area contributed by atoms with Gasteiger partial charge in [0.2, 0.25) is 6.79 Å². The molecule has 4 rings (SSSR count). The van der Waals surface area contributed by atoms with Gasteiger partial charge >= 0.3 is 0 Å². The molecule has 1 aliphatic heterocycles. The zero-order chi connectivity index (χ0) is 14.1. The Morgan fingerprint density at radius 1 is 1.00 bits per heavy atom. The third-order valence-corrected chi connectivity index (χ3v) is 4.40. The van der Waals surface area contributed by atoms with Gasteiger partial charge in [0.1, 0.15) is 11.4 Å². The molecule has 4 nitrogen and oxygen atoms in total. The van der Waals surface area contributed by atoms with E-state index in [2.05, 4.69) is 22.1 Å². The summed E-state index contributed by atoms with van der Waals surface area (Å²) < 4.78 is 10.7. The van der Waals surface area contributed by atoms with Crippen LogP contribution in [-0.4, -0.2) is 16.8 Å². The Balaban J connectivity index is 1.58. The Kier molecular flexibility index (Phi) is 3.12. The fourth-order valence-corrected chi connectivity index (χ4v) is 3.21. The lowest BCUT2D eigenvalue weighted by Gasteiger charge is -2.05. The second kappa shape index (κ2) is 5.26. The van der Waals surface area contributed by atoms with E-state index in [9.17, 15) is 0 Å². The van der Waals surface area contributed by atoms with E-state index >= 15 is 0 Å². The van der Waals surface area contributed by atoms with Gasteiger partial charge in [-0.25, -0.2) is 9.97 Å². The quantitative estimate of drug-likeness (QED) is 0.545. The lowest BCUT2D eigenvalue weighted by molar-refractivity contribution is 0.174. The second-order valence-corrected chi connectivity index (χ2v) is 5.64. The third kappa shape index (κ3) is 2.40. The normalized spacial score (nSPS) is 12.8. The smallest absolute Gasteiger partial charge is 0.231 e. The van der Waals surface area contributed by atoms with Gasteiger partial charge in [0, 0.05) is 11.1 Å². The van der Waals surface area contributed by atoms with E-state index < -0.39 is 0 Å². The van der Waals surface area contributed by atoms with Gasteiger partial charge in [0.15, 0.2) is 11.5 Å². The maximum atomic E-state index is 5.40. The monoisotopic (exact) mass is 296 g/mol. The molecule has 0 spiro atoms. The number of hydrogen-bond donors (Lipinski definition) is 0. The molecule has 0 aliphatic carbocycles. The lowest BCUT2D eigenvalue weighted by Crippen LogP contribution is -1.92. The molecule has 0 radical (unpaired) electrons. The van der Waals surface area contributed by atoms with Crippen molar-refractivity contribution >= 4 is 22.7 Å². The van der Waals surface area contributed by atoms with E-state index in [4.69, 9.17) is 9.47 Å². The zero-order valence-electron chi connectivity index (χ0n) is 11.2. The highest BCUT2D eigenvalue weighted by Crippen LogP contribution is 2.34. The summed E-state index contributed by atoms with van der Waals surface area (Å²) in [5.41, 5.74) is 2.16. The zero-order valence-corrected chi connectivity index (χ0v) is 12.0. The van der Waals surface area contributed by atoms with Crippen molar-refractivity contribution in [3.05, 3.63) is 54.4 Å². The van der Waals surface area contributed by atoms with Gasteiger partial charge in [0.05, 0.1) is 5.52 Å². The van der Waals surface area contributed by atoms with Gasteiger partial charge in [-0.05, 0) is 23.8 Å². The van der Waals surface area contributed by atoms with Gasteiger partial charge in [0.25, 0.3) is 0 Å². The van der Waals surface area contributed by atoms with Crippen molar-refractivity contribution < 1.29 is 9.47 Å². The molecule has 0 saturated carbocycles. The van der Waals surface area contributed by atoms with Gasteiger partial charge in [-0.1, -0.05) is 24.3 Å². The van der Waals surface area contributed by atoms with Crippen LogP contribution in [0.3, 0.4) is 0 Å². The summed E-state index contributed by atoms with van der Waals surface area (Å²) in [6.45, 7) is 0.308. The second-order valence-electron chi connectivity index (χ2n) is 4.67. The summed E-state index contributed by atoms with van der Waals surface area (Å²) in [4.78, 5) is 8.67. The summed E-state index contributed by atoms with van der Waals surface area (Å²) in [6.07, 6.45) is 1.62. The van der Waals surface area contributed by atoms with Crippen molar-refractivity contribution in [3.8, 4) is 11.5 Å². The van der Waals surface area contributed by atoms with Crippen molar-refractivity contribution in [1.82, 2.24) is 9.97 Å². The van der Waals surface area contributed by atoms with E-state index in [-0.39, 0.29) is 0 Å². The summed E-state index contributed by atoms with van der Waals surface area (Å²) in [6, 6.07) is 14.1. The Morgan fingerprint density at radius 2 is 1.90 bits per heavy atom. The molecule has 2 heterocycles. The summed E-state index contributed by atoms with van der Waals surface area (Å²) >= 11 is 1.70. The molecule has 0 atom stereocenters. The van der Waals surface area contributed by atoms with Crippen LogP contribution in [0.25, 0.3) is 10.9 Å². The topological polar surface area (TPSA) is 44.2 Å². The van der Waals surface area contributed by atoms with Crippen molar-refractivity contribution in [2.75, 3.05) is 6.79 Å². The molecule has 1 aliphatic rings. The molecule has 0 unspecified atom stereocenters. The highest BCUT2D eigenvalue weighted by atomic mass is 32.2. The number of benzene rings is 2. The molecular weight excluding hydrogens is 284 g/mol. The predicted octanol–water partition coefficient (Wildman–Crippen LogP) is 3.65. The van der Waals surface area contributed by atoms with Crippen LogP contribution in [-0.2, 0) is 5.75 Å². The molecule has 0 bridgehead atoms. The van der Waals surface area contributed by atoms with Gasteiger partial charge in [-0.15, -0.1) is 11.8 Å². The van der Waals surface area contributed by atoms with Crippen LogP contribution >= 0.6 is 11.8 Å². The average molecular weight is 296 g/mol. The van der Waals surface area contributed by atoms with Crippen LogP contribution < -0.4 is 9.47 Å². The first-order chi connectivity index (χ1) is 10.4. The highest BCUT2D eigenvalue weighted by molar-refractivity contribution is 7.98. The molecule has 1 aromatic heterocycles. The molecule has 0 saturated heterocycles. The first-order valence-corrected chi connectivity index (χ1v) is 7.60. The number of thioether (sulfide) groups is 1. The number of fused-ring (bicyclic) bond motifs is 2. The number of nitrogens with zero attached hydrogens (tertiary/aromatic N) is 2. The molecule has 3 aromatic rings. The molecule has 2 aromatic carbocycles. The molecular formula is C16H12N2O2S. The van der Waals surface area contributed by atoms with Gasteiger partial charge in [-0.3, -0.25) is 0 Å². The maximum Gasteiger partial charge on any atom is 0.231 e. The van der Waals surface area contributed by atoms with Crippen molar-refractivity contribution in [2.24, 2.45) is 0 Å². The Hall–Kier alpha value is -2.27. The predicted molar refractivity (Wildman–Crippen MR) is 81.7 cm³/mol. The molecule has 0 N–H and O–H groups in total. The average Bonchev–Trinajstić information content (AvgIpc) is 3.00. The molecule has 0 fully saturated rings. The molecule has 0 amide bonds. The third-order valence-electron chi connectivity index (χ3n) is 3.32. The standard InChI is InChI=1S/C16H12N2O2S/c1-2-4-13-12(3-1)16(18-9-17-13)21-8-11-5-6-14-15(7-11)20-10-19-14/h1-7,9H,8,10H2. The van der Waals surface area contributed by atoms with E-state index in [1.54, 1.807) is 18.1 Å². The van der Waals surface area contributed by atoms with Gasteiger partial charge in [-0.2, -0.15) is 0 Å². The number of rotatable bonds is 3. The number of aromatic nitrogens is 2. The van der Waals surface area contributed by atoms with Crippen molar-refractivity contribution in [2.45, 2.75) is 10.8 Å². The fourth-order valence-electron chi connectivity index (χ4n) is 2.28. The van der Waals surface area contributed by atoms with Crippen LogP contribution in [0.4, 0.5) is 0 Å². The van der Waals surface area contributed by atoms with E-state index in [1.807, 2.05) is 30.3 Å². The summed E-state index contributed by atoms with van der Waals surface area (Å²) in [5, 5.41) is 2.09. The van der Waals surface area contributed by atoms with E-state index in [0.717, 1.165) is 33.2 Å². The van der Waals surface area contributed by atoms with Crippen molar-refractivity contribution in [3.63, 3.8) is 0 Å². The van der Waals surface area contributed by atoms with Crippen LogP contribution in [0, 0.1) is 0 Å². The lowest BCUT2D eigenvalue weighted by atomic mass is 10.2. The summed E-state index contributed by atoms with van der Waals surface area (Å²) in [7, 11) is 0. The Bertz CT molecular complexity index is 802. The molecule has 5 heteroatoms. The molecule has 21 heavy (non-hydrogen) atoms. The van der Waals surface area contributed by atoms with Crippen LogP contribution in [0.15, 0.2) is 53.8 Å². The summed E-state index contributed by atoms with van der Waals surface area (Å²) in [5.74, 6) is 2.47. The largest absolute Gasteiger partial charge is 0.454 e. The molecule has 104 valence electrons. The maximum absolute atomic E-state index is 5.40. The number of para-hydroxylation sites is 1. The Labute approximate surface area is 126 Å². The Morgan fingerprint density at radius 3 is 2.90 bits per heavy atom. The minimum absolute atomic E-state index is 0.308. The minimum Gasteiger partial charge on any atom is -0.454 e. The first-order valence-electron chi connectivity index (χ1n) is 6.61. The highest BCUT2D eigenvalue weighted by Gasteiger charge is 2.13. The van der Waals surface area contributed by atoms with Crippen LogP contribution in [0.5, 0.6) is 11.5 Å². The number of hydrogen-bond acceptors (Lipinski definition) is 5. The van der Waals surface area contributed by atoms with Crippen LogP contribution in [0.1, 0.15) is 5.56 Å². The minimum atomic E-state index is 0.308. The first kappa shape index (κ1) is 12.5.